The second-order valence-electron chi connectivity index (χ2n) is 5.34. The Morgan fingerprint density at radius 3 is 2.46 bits per heavy atom. The summed E-state index contributed by atoms with van der Waals surface area (Å²) in [5.41, 5.74) is 2.24. The van der Waals surface area contributed by atoms with Gasteiger partial charge in [-0.2, -0.15) is 13.2 Å². The Balaban J connectivity index is 3.33. The van der Waals surface area contributed by atoms with E-state index in [1.54, 1.807) is 25.1 Å². The van der Waals surface area contributed by atoms with E-state index in [1.165, 1.54) is 7.11 Å². The maximum atomic E-state index is 12.5. The molecule has 0 aliphatic heterocycles. The van der Waals surface area contributed by atoms with Crippen LogP contribution in [0.2, 0.25) is 0 Å². The van der Waals surface area contributed by atoms with Crippen LogP contribution in [0.3, 0.4) is 0 Å². The molecular formula is C18H21F3O3. The third-order valence-electron chi connectivity index (χ3n) is 3.38. The van der Waals surface area contributed by atoms with E-state index >= 15 is 0 Å². The lowest BCUT2D eigenvalue weighted by molar-refractivity contribution is -0.136. The predicted molar refractivity (Wildman–Crippen MR) is 87.0 cm³/mol. The zero-order chi connectivity index (χ0) is 18.3. The summed E-state index contributed by atoms with van der Waals surface area (Å²) in [4.78, 5) is 10.9. The highest BCUT2D eigenvalue weighted by Gasteiger charge is 2.25. The standard InChI is InChI=1S/C18H21F3O3/c1-4-5-14(12(2)8-9-18(19,20)21)15-10-13(11-17(22)23)6-7-16(15)24-3/h5-8,10H,4,9,11H2,1-3H3,(H,22,23)/b12-8-,14-5+. The lowest BCUT2D eigenvalue weighted by atomic mass is 9.94. The van der Waals surface area contributed by atoms with E-state index in [0.29, 0.717) is 34.4 Å². The van der Waals surface area contributed by atoms with Crippen LogP contribution in [0.15, 0.2) is 35.9 Å². The Morgan fingerprint density at radius 1 is 1.29 bits per heavy atom. The number of carboxylic acid groups (broad SMARTS) is 1. The predicted octanol–water partition coefficient (Wildman–Crippen LogP) is 5.01. The number of alkyl halides is 3. The number of rotatable bonds is 7. The summed E-state index contributed by atoms with van der Waals surface area (Å²) in [6.45, 7) is 3.49. The number of methoxy groups -OCH3 is 1. The van der Waals surface area contributed by atoms with Crippen molar-refractivity contribution in [3.8, 4) is 5.75 Å². The summed E-state index contributed by atoms with van der Waals surface area (Å²) in [6.07, 6.45) is -1.89. The monoisotopic (exact) mass is 342 g/mol. The molecule has 0 saturated heterocycles. The van der Waals surface area contributed by atoms with Crippen molar-refractivity contribution in [1.29, 1.82) is 0 Å². The van der Waals surface area contributed by atoms with Crippen molar-refractivity contribution in [2.45, 2.75) is 39.3 Å². The molecule has 0 fully saturated rings. The number of halogens is 3. The zero-order valence-electron chi connectivity index (χ0n) is 13.9. The summed E-state index contributed by atoms with van der Waals surface area (Å²) < 4.78 is 42.7. The van der Waals surface area contributed by atoms with Crippen LogP contribution < -0.4 is 4.74 Å². The van der Waals surface area contributed by atoms with Crippen LogP contribution in [-0.4, -0.2) is 24.4 Å². The van der Waals surface area contributed by atoms with E-state index in [-0.39, 0.29) is 6.42 Å². The van der Waals surface area contributed by atoms with Gasteiger partial charge in [-0.3, -0.25) is 4.79 Å². The zero-order valence-corrected chi connectivity index (χ0v) is 13.9. The Labute approximate surface area is 139 Å². The second kappa shape index (κ2) is 8.57. The number of carboxylic acids is 1. The van der Waals surface area contributed by atoms with E-state index in [4.69, 9.17) is 9.84 Å². The molecule has 6 heteroatoms. The van der Waals surface area contributed by atoms with Gasteiger partial charge in [-0.05, 0) is 42.2 Å². The molecule has 132 valence electrons. The topological polar surface area (TPSA) is 46.5 Å². The summed E-state index contributed by atoms with van der Waals surface area (Å²) in [5, 5.41) is 8.93. The molecule has 1 aromatic carbocycles. The maximum Gasteiger partial charge on any atom is 0.392 e. The highest BCUT2D eigenvalue weighted by atomic mass is 19.4. The molecule has 0 atom stereocenters. The van der Waals surface area contributed by atoms with Crippen LogP contribution in [0.1, 0.15) is 37.8 Å². The molecule has 0 heterocycles. The minimum absolute atomic E-state index is 0.165. The van der Waals surface area contributed by atoms with E-state index < -0.39 is 18.6 Å². The van der Waals surface area contributed by atoms with Gasteiger partial charge in [0.15, 0.2) is 0 Å². The van der Waals surface area contributed by atoms with Gasteiger partial charge in [-0.25, -0.2) is 0 Å². The molecule has 0 radical (unpaired) electrons. The van der Waals surface area contributed by atoms with Crippen molar-refractivity contribution >= 4 is 11.5 Å². The van der Waals surface area contributed by atoms with Crippen molar-refractivity contribution in [2.24, 2.45) is 0 Å². The van der Waals surface area contributed by atoms with Crippen molar-refractivity contribution in [1.82, 2.24) is 0 Å². The normalized spacial score (nSPS) is 13.1. The number of benzene rings is 1. The molecule has 1 aromatic rings. The van der Waals surface area contributed by atoms with Crippen LogP contribution in [0.25, 0.3) is 5.57 Å². The summed E-state index contributed by atoms with van der Waals surface area (Å²) >= 11 is 0. The van der Waals surface area contributed by atoms with Gasteiger partial charge in [-0.1, -0.05) is 25.1 Å². The lowest BCUT2D eigenvalue weighted by Gasteiger charge is -2.15. The van der Waals surface area contributed by atoms with Gasteiger partial charge in [0.05, 0.1) is 20.0 Å². The number of allylic oxidation sites excluding steroid dienone is 4. The lowest BCUT2D eigenvalue weighted by Crippen LogP contribution is -2.05. The Kier molecular flexibility index (Phi) is 7.07. The second-order valence-corrected chi connectivity index (χ2v) is 5.34. The number of carbonyl (C=O) groups is 1. The first-order chi connectivity index (χ1) is 11.2. The molecule has 0 spiro atoms. The highest BCUT2D eigenvalue weighted by molar-refractivity contribution is 5.82. The number of hydrogen-bond acceptors (Lipinski definition) is 2. The van der Waals surface area contributed by atoms with Gasteiger partial charge in [0.1, 0.15) is 5.75 Å². The Morgan fingerprint density at radius 2 is 1.96 bits per heavy atom. The van der Waals surface area contributed by atoms with Gasteiger partial charge >= 0.3 is 12.1 Å². The fourth-order valence-corrected chi connectivity index (χ4v) is 2.32. The van der Waals surface area contributed by atoms with E-state index in [1.807, 2.05) is 13.0 Å². The van der Waals surface area contributed by atoms with E-state index in [2.05, 4.69) is 0 Å². The minimum Gasteiger partial charge on any atom is -0.496 e. The first-order valence-electron chi connectivity index (χ1n) is 7.51. The van der Waals surface area contributed by atoms with Crippen molar-refractivity contribution < 1.29 is 27.8 Å². The number of aliphatic carboxylic acids is 1. The van der Waals surface area contributed by atoms with Crippen LogP contribution in [0.5, 0.6) is 5.75 Å². The molecular weight excluding hydrogens is 321 g/mol. The van der Waals surface area contributed by atoms with Gasteiger partial charge in [0.2, 0.25) is 0 Å². The minimum atomic E-state index is -4.27. The smallest absolute Gasteiger partial charge is 0.392 e. The molecule has 0 amide bonds. The van der Waals surface area contributed by atoms with Gasteiger partial charge in [-0.15, -0.1) is 0 Å². The molecule has 0 aliphatic rings. The SMILES string of the molecule is CC/C=C(\C(C)=C/CC(F)(F)F)c1cc(CC(=O)O)ccc1OC. The van der Waals surface area contributed by atoms with Crippen LogP contribution >= 0.6 is 0 Å². The largest absolute Gasteiger partial charge is 0.496 e. The first-order valence-corrected chi connectivity index (χ1v) is 7.51. The molecule has 0 aromatic heterocycles. The van der Waals surface area contributed by atoms with Gasteiger partial charge in [0, 0.05) is 5.56 Å². The fraction of sp³-hybridized carbons (Fsp3) is 0.389. The van der Waals surface area contributed by atoms with Gasteiger partial charge < -0.3 is 9.84 Å². The highest BCUT2D eigenvalue weighted by Crippen LogP contribution is 2.33. The summed E-state index contributed by atoms with van der Waals surface area (Å²) in [7, 11) is 1.47. The molecule has 1 N–H and O–H groups in total. The van der Waals surface area contributed by atoms with Crippen LogP contribution in [-0.2, 0) is 11.2 Å². The Bertz CT molecular complexity index is 643. The molecule has 0 bridgehead atoms. The van der Waals surface area contributed by atoms with Crippen molar-refractivity contribution in [2.75, 3.05) is 7.11 Å². The molecule has 1 rings (SSSR count). The molecule has 0 unspecified atom stereocenters. The molecule has 24 heavy (non-hydrogen) atoms. The quantitative estimate of drug-likeness (QED) is 0.708. The van der Waals surface area contributed by atoms with Gasteiger partial charge in [0.25, 0.3) is 0 Å². The average Bonchev–Trinajstić information content (AvgIpc) is 2.49. The van der Waals surface area contributed by atoms with Crippen molar-refractivity contribution in [3.05, 3.63) is 47.1 Å². The molecule has 0 saturated carbocycles. The van der Waals surface area contributed by atoms with E-state index in [9.17, 15) is 18.0 Å². The number of hydrogen-bond donors (Lipinski definition) is 1. The molecule has 3 nitrogen and oxygen atoms in total. The van der Waals surface area contributed by atoms with E-state index in [0.717, 1.165) is 6.08 Å². The fourth-order valence-electron chi connectivity index (χ4n) is 2.32. The summed E-state index contributed by atoms with van der Waals surface area (Å²) in [5.74, 6) is -0.486. The number of ether oxygens (including phenoxy) is 1. The summed E-state index contributed by atoms with van der Waals surface area (Å²) in [6, 6.07) is 4.92. The Hall–Kier alpha value is -2.24. The maximum absolute atomic E-state index is 12.5. The third-order valence-corrected chi connectivity index (χ3v) is 3.38. The van der Waals surface area contributed by atoms with Crippen molar-refractivity contribution in [3.63, 3.8) is 0 Å². The molecule has 0 aliphatic carbocycles. The van der Waals surface area contributed by atoms with Crippen LogP contribution in [0.4, 0.5) is 13.2 Å². The first kappa shape index (κ1) is 19.8. The third kappa shape index (κ3) is 6.10. The van der Waals surface area contributed by atoms with Crippen LogP contribution in [0, 0.1) is 0 Å². The average molecular weight is 342 g/mol.